The molecule has 0 aromatic heterocycles. The van der Waals surface area contributed by atoms with Crippen LogP contribution in [-0.2, 0) is 4.79 Å². The SMILES string of the molecule is CNC(=O)C(C)CN(C)c1ccccc1C(=O)O. The lowest BCUT2D eigenvalue weighted by Crippen LogP contribution is -2.34. The molecule has 0 saturated heterocycles. The van der Waals surface area contributed by atoms with Crippen molar-refractivity contribution in [2.24, 2.45) is 5.92 Å². The Kier molecular flexibility index (Phi) is 4.71. The third kappa shape index (κ3) is 3.23. The number of carbonyl (C=O) groups excluding carboxylic acids is 1. The van der Waals surface area contributed by atoms with E-state index in [4.69, 9.17) is 5.11 Å². The van der Waals surface area contributed by atoms with Crippen molar-refractivity contribution in [2.45, 2.75) is 6.92 Å². The van der Waals surface area contributed by atoms with E-state index in [1.807, 2.05) is 0 Å². The first-order valence-corrected chi connectivity index (χ1v) is 5.72. The van der Waals surface area contributed by atoms with E-state index in [0.29, 0.717) is 12.2 Å². The van der Waals surface area contributed by atoms with Crippen LogP contribution in [0.2, 0.25) is 0 Å². The maximum atomic E-state index is 11.4. The molecule has 18 heavy (non-hydrogen) atoms. The highest BCUT2D eigenvalue weighted by atomic mass is 16.4. The monoisotopic (exact) mass is 250 g/mol. The molecular weight excluding hydrogens is 232 g/mol. The fraction of sp³-hybridized carbons (Fsp3) is 0.385. The highest BCUT2D eigenvalue weighted by Gasteiger charge is 2.17. The van der Waals surface area contributed by atoms with Gasteiger partial charge in [0.25, 0.3) is 0 Å². The minimum absolute atomic E-state index is 0.0605. The summed E-state index contributed by atoms with van der Waals surface area (Å²) in [5.41, 5.74) is 0.852. The number of amides is 1. The van der Waals surface area contributed by atoms with E-state index in [-0.39, 0.29) is 17.4 Å². The van der Waals surface area contributed by atoms with Crippen molar-refractivity contribution in [3.8, 4) is 0 Å². The highest BCUT2D eigenvalue weighted by molar-refractivity contribution is 5.94. The van der Waals surface area contributed by atoms with Crippen LogP contribution in [0.15, 0.2) is 24.3 Å². The molecule has 1 amide bonds. The van der Waals surface area contributed by atoms with Crippen LogP contribution in [0.25, 0.3) is 0 Å². The number of nitrogens with zero attached hydrogens (tertiary/aromatic N) is 1. The van der Waals surface area contributed by atoms with Crippen LogP contribution < -0.4 is 10.2 Å². The molecule has 1 atom stereocenters. The molecule has 0 radical (unpaired) electrons. The van der Waals surface area contributed by atoms with Gasteiger partial charge in [0.05, 0.1) is 17.2 Å². The summed E-state index contributed by atoms with van der Waals surface area (Å²) in [6, 6.07) is 6.75. The zero-order valence-electron chi connectivity index (χ0n) is 10.8. The maximum Gasteiger partial charge on any atom is 0.337 e. The predicted molar refractivity (Wildman–Crippen MR) is 69.9 cm³/mol. The van der Waals surface area contributed by atoms with Gasteiger partial charge in [0.1, 0.15) is 0 Å². The second-order valence-corrected chi connectivity index (χ2v) is 4.22. The van der Waals surface area contributed by atoms with Gasteiger partial charge in [0, 0.05) is 20.6 Å². The Morgan fingerprint density at radius 3 is 2.56 bits per heavy atom. The highest BCUT2D eigenvalue weighted by Crippen LogP contribution is 2.20. The lowest BCUT2D eigenvalue weighted by atomic mass is 10.1. The third-order valence-corrected chi connectivity index (χ3v) is 2.79. The van der Waals surface area contributed by atoms with E-state index in [9.17, 15) is 9.59 Å². The number of carbonyl (C=O) groups is 2. The first-order valence-electron chi connectivity index (χ1n) is 5.72. The van der Waals surface area contributed by atoms with Gasteiger partial charge in [-0.3, -0.25) is 4.79 Å². The number of rotatable bonds is 5. The molecule has 2 N–H and O–H groups in total. The van der Waals surface area contributed by atoms with Crippen LogP contribution >= 0.6 is 0 Å². The van der Waals surface area contributed by atoms with Gasteiger partial charge in [-0.25, -0.2) is 4.79 Å². The normalized spacial score (nSPS) is 11.7. The quantitative estimate of drug-likeness (QED) is 0.824. The van der Waals surface area contributed by atoms with Crippen molar-refractivity contribution < 1.29 is 14.7 Å². The van der Waals surface area contributed by atoms with E-state index in [0.717, 1.165) is 0 Å². The molecular formula is C13H18N2O3. The minimum Gasteiger partial charge on any atom is -0.478 e. The molecule has 1 rings (SSSR count). The van der Waals surface area contributed by atoms with Crippen molar-refractivity contribution in [1.82, 2.24) is 5.32 Å². The van der Waals surface area contributed by atoms with Crippen molar-refractivity contribution >= 4 is 17.6 Å². The standard InChI is InChI=1S/C13H18N2O3/c1-9(12(16)14-2)8-15(3)11-7-5-4-6-10(11)13(17)18/h4-7,9H,8H2,1-3H3,(H,14,16)(H,17,18). The molecule has 1 unspecified atom stereocenters. The average molecular weight is 250 g/mol. The molecule has 0 aliphatic rings. The molecule has 0 bridgehead atoms. The van der Waals surface area contributed by atoms with Gasteiger partial charge in [-0.2, -0.15) is 0 Å². The molecule has 0 aliphatic heterocycles. The third-order valence-electron chi connectivity index (χ3n) is 2.79. The molecule has 5 nitrogen and oxygen atoms in total. The summed E-state index contributed by atoms with van der Waals surface area (Å²) in [6.45, 7) is 2.27. The predicted octanol–water partition coefficient (Wildman–Crippen LogP) is 1.20. The van der Waals surface area contributed by atoms with Crippen LogP contribution in [0.1, 0.15) is 17.3 Å². The van der Waals surface area contributed by atoms with E-state index >= 15 is 0 Å². The van der Waals surface area contributed by atoms with Crippen LogP contribution in [0.3, 0.4) is 0 Å². The van der Waals surface area contributed by atoms with E-state index in [1.54, 1.807) is 50.2 Å². The van der Waals surface area contributed by atoms with Crippen molar-refractivity contribution in [2.75, 3.05) is 25.5 Å². The lowest BCUT2D eigenvalue weighted by Gasteiger charge is -2.24. The Morgan fingerprint density at radius 2 is 2.00 bits per heavy atom. The van der Waals surface area contributed by atoms with E-state index in [2.05, 4.69) is 5.32 Å². The number of carboxylic acid groups (broad SMARTS) is 1. The van der Waals surface area contributed by atoms with Crippen molar-refractivity contribution in [3.63, 3.8) is 0 Å². The first kappa shape index (κ1) is 14.0. The second-order valence-electron chi connectivity index (χ2n) is 4.22. The van der Waals surface area contributed by atoms with Gasteiger partial charge in [-0.15, -0.1) is 0 Å². The second kappa shape index (κ2) is 6.05. The number of hydrogen-bond donors (Lipinski definition) is 2. The number of nitrogens with one attached hydrogen (secondary N) is 1. The number of hydrogen-bond acceptors (Lipinski definition) is 3. The summed E-state index contributed by atoms with van der Waals surface area (Å²) in [7, 11) is 3.37. The van der Waals surface area contributed by atoms with Gasteiger partial charge in [0.2, 0.25) is 5.91 Å². The average Bonchev–Trinajstić information content (AvgIpc) is 2.37. The van der Waals surface area contributed by atoms with Crippen molar-refractivity contribution in [3.05, 3.63) is 29.8 Å². The topological polar surface area (TPSA) is 69.6 Å². The molecule has 5 heteroatoms. The molecule has 0 spiro atoms. The zero-order chi connectivity index (χ0) is 13.7. The molecule has 0 heterocycles. The van der Waals surface area contributed by atoms with Gasteiger partial charge in [0.15, 0.2) is 0 Å². The van der Waals surface area contributed by atoms with Gasteiger partial charge in [-0.1, -0.05) is 19.1 Å². The first-order chi connectivity index (χ1) is 8.47. The lowest BCUT2D eigenvalue weighted by molar-refractivity contribution is -0.123. The summed E-state index contributed by atoms with van der Waals surface area (Å²) in [5.74, 6) is -1.23. The molecule has 0 fully saturated rings. The maximum absolute atomic E-state index is 11.4. The largest absolute Gasteiger partial charge is 0.478 e. The van der Waals surface area contributed by atoms with E-state index < -0.39 is 5.97 Å². The Labute approximate surface area is 106 Å². The number of anilines is 1. The number of para-hydroxylation sites is 1. The Hall–Kier alpha value is -2.04. The van der Waals surface area contributed by atoms with Gasteiger partial charge in [-0.05, 0) is 12.1 Å². The van der Waals surface area contributed by atoms with E-state index in [1.165, 1.54) is 0 Å². The summed E-state index contributed by atoms with van der Waals surface area (Å²) in [5, 5.41) is 11.7. The number of aromatic carboxylic acids is 1. The summed E-state index contributed by atoms with van der Waals surface area (Å²) < 4.78 is 0. The Balaban J connectivity index is 2.87. The number of carboxylic acids is 1. The minimum atomic E-state index is -0.968. The Morgan fingerprint density at radius 1 is 1.39 bits per heavy atom. The zero-order valence-corrected chi connectivity index (χ0v) is 10.8. The summed E-state index contributed by atoms with van der Waals surface area (Å²) in [6.07, 6.45) is 0. The van der Waals surface area contributed by atoms with Crippen LogP contribution in [-0.4, -0.2) is 37.6 Å². The number of benzene rings is 1. The van der Waals surface area contributed by atoms with Crippen LogP contribution in [0.5, 0.6) is 0 Å². The Bertz CT molecular complexity index is 446. The summed E-state index contributed by atoms with van der Waals surface area (Å²) >= 11 is 0. The van der Waals surface area contributed by atoms with Crippen LogP contribution in [0, 0.1) is 5.92 Å². The van der Waals surface area contributed by atoms with Crippen LogP contribution in [0.4, 0.5) is 5.69 Å². The molecule has 1 aromatic carbocycles. The fourth-order valence-corrected chi connectivity index (χ4v) is 1.83. The molecule has 0 aliphatic carbocycles. The molecule has 1 aromatic rings. The summed E-state index contributed by atoms with van der Waals surface area (Å²) in [4.78, 5) is 24.3. The van der Waals surface area contributed by atoms with Crippen molar-refractivity contribution in [1.29, 1.82) is 0 Å². The smallest absolute Gasteiger partial charge is 0.337 e. The molecule has 98 valence electrons. The fourth-order valence-electron chi connectivity index (χ4n) is 1.83. The van der Waals surface area contributed by atoms with Gasteiger partial charge >= 0.3 is 5.97 Å². The van der Waals surface area contributed by atoms with Gasteiger partial charge < -0.3 is 15.3 Å². The molecule has 0 saturated carbocycles.